The number of amides is 3. The Morgan fingerprint density at radius 2 is 1.64 bits per heavy atom. The Bertz CT molecular complexity index is 1590. The van der Waals surface area contributed by atoms with Crippen LogP contribution in [0, 0.1) is 6.92 Å². The van der Waals surface area contributed by atoms with Gasteiger partial charge in [-0.2, -0.15) is 4.98 Å². The fraction of sp³-hybridized carbons (Fsp3) is 0.562. The molecule has 0 aromatic carbocycles. The minimum atomic E-state index is -0.562. The van der Waals surface area contributed by atoms with Crippen molar-refractivity contribution in [3.63, 3.8) is 0 Å². The number of carbonyl (C=O) groups excluding carboxylic acids is 3. The van der Waals surface area contributed by atoms with Gasteiger partial charge in [-0.1, -0.05) is 12.8 Å². The van der Waals surface area contributed by atoms with Crippen molar-refractivity contribution >= 4 is 40.7 Å². The molecule has 2 aliphatic heterocycles. The fourth-order valence-electron chi connectivity index (χ4n) is 6.81. The SMILES string of the molecule is Cc1cc(Nc2ncc3cc(C(=O)N(C)C)n(C4CCCC4)c3n2)ncc1C(=O)N1CC2CCC(C1)N2C(=O)OC(C)(C)C. The zero-order valence-electron chi connectivity index (χ0n) is 26.5. The van der Waals surface area contributed by atoms with Gasteiger partial charge < -0.3 is 24.4 Å². The molecule has 3 aliphatic rings. The summed E-state index contributed by atoms with van der Waals surface area (Å²) in [5.74, 6) is 0.755. The molecule has 5 heterocycles. The van der Waals surface area contributed by atoms with E-state index in [1.807, 2.05) is 49.6 Å². The Balaban J connectivity index is 1.19. The molecule has 0 radical (unpaired) electrons. The first-order valence-electron chi connectivity index (χ1n) is 15.5. The molecular formula is C32H42N8O4. The number of aryl methyl sites for hydroxylation is 1. The van der Waals surface area contributed by atoms with Crippen LogP contribution in [0.2, 0.25) is 0 Å². The topological polar surface area (TPSA) is 126 Å². The quantitative estimate of drug-likeness (QED) is 0.436. The van der Waals surface area contributed by atoms with Gasteiger partial charge in [-0.05, 0) is 71.1 Å². The minimum Gasteiger partial charge on any atom is -0.444 e. The summed E-state index contributed by atoms with van der Waals surface area (Å²) in [6.07, 6.45) is 9.02. The van der Waals surface area contributed by atoms with E-state index in [1.54, 1.807) is 31.4 Å². The third-order valence-electron chi connectivity index (χ3n) is 8.85. The standard InChI is InChI=1S/C32H42N8O4/c1-19-13-26(33-16-24(19)28(41)38-17-22-11-12-23(18-38)39(22)31(43)44-32(2,3)4)35-30-34-15-20-14-25(29(42)37(5)6)40(27(20)36-30)21-9-7-8-10-21/h13-16,21-23H,7-12,17-18H2,1-6H3,(H,33,34,35,36). The molecule has 12 nitrogen and oxygen atoms in total. The molecule has 6 rings (SSSR count). The molecule has 234 valence electrons. The van der Waals surface area contributed by atoms with Crippen LogP contribution in [0.15, 0.2) is 24.5 Å². The smallest absolute Gasteiger partial charge is 0.410 e. The second-order valence-electron chi connectivity index (χ2n) is 13.5. The van der Waals surface area contributed by atoms with E-state index in [1.165, 1.54) is 0 Å². The number of anilines is 2. The molecule has 2 saturated heterocycles. The molecule has 2 atom stereocenters. The number of aromatic nitrogens is 4. The molecular weight excluding hydrogens is 560 g/mol. The summed E-state index contributed by atoms with van der Waals surface area (Å²) in [7, 11) is 3.52. The van der Waals surface area contributed by atoms with Gasteiger partial charge in [0.15, 0.2) is 0 Å². The zero-order valence-corrected chi connectivity index (χ0v) is 26.5. The summed E-state index contributed by atoms with van der Waals surface area (Å²) >= 11 is 0. The Labute approximate surface area is 257 Å². The van der Waals surface area contributed by atoms with Crippen molar-refractivity contribution in [2.45, 2.75) is 89.9 Å². The first-order chi connectivity index (χ1) is 20.9. The van der Waals surface area contributed by atoms with Gasteiger partial charge in [0.05, 0.1) is 17.6 Å². The number of hydrogen-bond donors (Lipinski definition) is 1. The van der Waals surface area contributed by atoms with Gasteiger partial charge >= 0.3 is 6.09 Å². The third-order valence-corrected chi connectivity index (χ3v) is 8.85. The van der Waals surface area contributed by atoms with Gasteiger partial charge in [0.2, 0.25) is 5.95 Å². The minimum absolute atomic E-state index is 0.0504. The van der Waals surface area contributed by atoms with E-state index in [0.29, 0.717) is 36.1 Å². The Morgan fingerprint density at radius 3 is 2.25 bits per heavy atom. The molecule has 1 aliphatic carbocycles. The maximum Gasteiger partial charge on any atom is 0.410 e. The summed E-state index contributed by atoms with van der Waals surface area (Å²) in [6.45, 7) is 8.43. The molecule has 1 N–H and O–H groups in total. The number of carbonyl (C=O) groups is 3. The van der Waals surface area contributed by atoms with Crippen LogP contribution in [-0.2, 0) is 4.74 Å². The lowest BCUT2D eigenvalue weighted by atomic mass is 10.1. The molecule has 0 spiro atoms. The van der Waals surface area contributed by atoms with Crippen LogP contribution in [0.4, 0.5) is 16.6 Å². The van der Waals surface area contributed by atoms with Crippen LogP contribution in [0.3, 0.4) is 0 Å². The molecule has 3 aromatic heterocycles. The normalized spacial score (nSPS) is 20.3. The molecule has 3 amide bonds. The largest absolute Gasteiger partial charge is 0.444 e. The fourth-order valence-corrected chi connectivity index (χ4v) is 6.81. The van der Waals surface area contributed by atoms with E-state index in [0.717, 1.165) is 55.1 Å². The van der Waals surface area contributed by atoms with Crippen LogP contribution in [0.25, 0.3) is 11.0 Å². The number of rotatable bonds is 5. The van der Waals surface area contributed by atoms with Crippen molar-refractivity contribution < 1.29 is 19.1 Å². The van der Waals surface area contributed by atoms with Crippen LogP contribution in [0.1, 0.15) is 91.7 Å². The average molecular weight is 603 g/mol. The van der Waals surface area contributed by atoms with E-state index >= 15 is 0 Å². The monoisotopic (exact) mass is 602 g/mol. The lowest BCUT2D eigenvalue weighted by molar-refractivity contribution is -0.00338. The van der Waals surface area contributed by atoms with Crippen LogP contribution >= 0.6 is 0 Å². The maximum atomic E-state index is 13.6. The van der Waals surface area contributed by atoms with Crippen molar-refractivity contribution in [1.82, 2.24) is 34.2 Å². The van der Waals surface area contributed by atoms with Gasteiger partial charge in [0, 0.05) is 51.0 Å². The predicted octanol–water partition coefficient (Wildman–Crippen LogP) is 4.92. The van der Waals surface area contributed by atoms with Gasteiger partial charge in [0.1, 0.15) is 22.8 Å². The van der Waals surface area contributed by atoms with Crippen LogP contribution in [-0.4, -0.2) is 97.0 Å². The van der Waals surface area contributed by atoms with Crippen LogP contribution < -0.4 is 5.32 Å². The van der Waals surface area contributed by atoms with Gasteiger partial charge in [0.25, 0.3) is 11.8 Å². The lowest BCUT2D eigenvalue weighted by Crippen LogP contribution is -2.58. The van der Waals surface area contributed by atoms with Crippen molar-refractivity contribution in [2.75, 3.05) is 32.5 Å². The van der Waals surface area contributed by atoms with E-state index in [4.69, 9.17) is 9.72 Å². The number of nitrogens with zero attached hydrogens (tertiary/aromatic N) is 7. The second-order valence-corrected chi connectivity index (χ2v) is 13.5. The van der Waals surface area contributed by atoms with Crippen molar-refractivity contribution in [2.24, 2.45) is 0 Å². The molecule has 3 fully saturated rings. The number of fused-ring (bicyclic) bond motifs is 3. The second kappa shape index (κ2) is 11.4. The molecule has 3 aromatic rings. The highest BCUT2D eigenvalue weighted by molar-refractivity contribution is 5.98. The van der Waals surface area contributed by atoms with E-state index < -0.39 is 5.60 Å². The third kappa shape index (κ3) is 5.69. The summed E-state index contributed by atoms with van der Waals surface area (Å²) in [5, 5.41) is 4.02. The lowest BCUT2D eigenvalue weighted by Gasteiger charge is -2.41. The predicted molar refractivity (Wildman–Crippen MR) is 166 cm³/mol. The Kier molecular flexibility index (Phi) is 7.71. The number of ether oxygens (including phenoxy) is 1. The van der Waals surface area contributed by atoms with Gasteiger partial charge in [-0.3, -0.25) is 14.5 Å². The van der Waals surface area contributed by atoms with Gasteiger partial charge in [-0.15, -0.1) is 0 Å². The van der Waals surface area contributed by atoms with E-state index in [-0.39, 0.29) is 36.0 Å². The van der Waals surface area contributed by atoms with Crippen molar-refractivity contribution in [1.29, 1.82) is 0 Å². The highest BCUT2D eigenvalue weighted by Crippen LogP contribution is 2.35. The zero-order chi connectivity index (χ0) is 31.3. The summed E-state index contributed by atoms with van der Waals surface area (Å²) in [4.78, 5) is 58.6. The van der Waals surface area contributed by atoms with Crippen molar-refractivity contribution in [3.8, 4) is 0 Å². The molecule has 2 unspecified atom stereocenters. The highest BCUT2D eigenvalue weighted by atomic mass is 16.6. The van der Waals surface area contributed by atoms with Crippen molar-refractivity contribution in [3.05, 3.63) is 41.3 Å². The molecule has 44 heavy (non-hydrogen) atoms. The van der Waals surface area contributed by atoms with Gasteiger partial charge in [-0.25, -0.2) is 14.8 Å². The summed E-state index contributed by atoms with van der Waals surface area (Å²) < 4.78 is 7.71. The molecule has 2 bridgehead atoms. The summed E-state index contributed by atoms with van der Waals surface area (Å²) in [6, 6.07) is 3.82. The Morgan fingerprint density at radius 1 is 0.955 bits per heavy atom. The first kappa shape index (κ1) is 29.8. The number of likely N-dealkylation sites (tertiary alicyclic amines) is 1. The molecule has 12 heteroatoms. The van der Waals surface area contributed by atoms with Crippen LogP contribution in [0.5, 0.6) is 0 Å². The molecule has 1 saturated carbocycles. The first-order valence-corrected chi connectivity index (χ1v) is 15.5. The highest BCUT2D eigenvalue weighted by Gasteiger charge is 2.45. The van der Waals surface area contributed by atoms with E-state index in [2.05, 4.69) is 19.9 Å². The summed E-state index contributed by atoms with van der Waals surface area (Å²) in [5.41, 5.74) is 2.10. The maximum absolute atomic E-state index is 13.6. The number of hydrogen-bond acceptors (Lipinski definition) is 8. The van der Waals surface area contributed by atoms with E-state index in [9.17, 15) is 14.4 Å². The number of pyridine rings is 1. The number of piperazine rings is 1. The number of nitrogens with one attached hydrogen (secondary N) is 1. The Hall–Kier alpha value is -4.22. The average Bonchev–Trinajstić information content (AvgIpc) is 3.67.